The number of hydrogen-bond donors (Lipinski definition) is 1. The van der Waals surface area contributed by atoms with Crippen molar-refractivity contribution in [3.05, 3.63) is 30.1 Å². The van der Waals surface area contributed by atoms with E-state index in [2.05, 4.69) is 59.7 Å². The smallest absolute Gasteiger partial charge is 0.219 e. The monoisotopic (exact) mass is 461 g/mol. The van der Waals surface area contributed by atoms with Crippen molar-refractivity contribution in [1.29, 1.82) is 0 Å². The normalized spacial score (nSPS) is 20.3. The highest BCUT2D eigenvalue weighted by molar-refractivity contribution is 7.89. The molecule has 0 amide bonds. The predicted octanol–water partition coefficient (Wildman–Crippen LogP) is 3.12. The molecule has 0 unspecified atom stereocenters. The van der Waals surface area contributed by atoms with Gasteiger partial charge in [0.25, 0.3) is 0 Å². The van der Waals surface area contributed by atoms with E-state index >= 15 is 0 Å². The lowest BCUT2D eigenvalue weighted by atomic mass is 9.90. The fourth-order valence-corrected chi connectivity index (χ4v) is 7.43. The van der Waals surface area contributed by atoms with E-state index in [-0.39, 0.29) is 10.7 Å². The van der Waals surface area contributed by atoms with Gasteiger partial charge >= 0.3 is 0 Å². The summed E-state index contributed by atoms with van der Waals surface area (Å²) in [6.45, 7) is 15.6. The van der Waals surface area contributed by atoms with Crippen molar-refractivity contribution < 1.29 is 8.42 Å². The van der Waals surface area contributed by atoms with Crippen LogP contribution in [0.25, 0.3) is 11.0 Å². The molecule has 2 aliphatic heterocycles. The molecule has 4 rings (SSSR count). The van der Waals surface area contributed by atoms with Gasteiger partial charge in [-0.1, -0.05) is 27.7 Å². The van der Waals surface area contributed by atoms with Crippen LogP contribution < -0.4 is 0 Å². The maximum absolute atomic E-state index is 13.2. The van der Waals surface area contributed by atoms with Crippen LogP contribution in [0.3, 0.4) is 0 Å². The average Bonchev–Trinajstić information content (AvgIpc) is 3.18. The number of hydrogen-bond acceptors (Lipinski definition) is 5. The quantitative estimate of drug-likeness (QED) is 0.621. The fourth-order valence-electron chi connectivity index (χ4n) is 5.49. The largest absolute Gasteiger partial charge is 0.346 e. The van der Waals surface area contributed by atoms with Crippen LogP contribution in [-0.4, -0.2) is 90.1 Å². The van der Waals surface area contributed by atoms with Gasteiger partial charge < -0.3 is 9.88 Å². The third kappa shape index (κ3) is 4.88. The summed E-state index contributed by atoms with van der Waals surface area (Å²) in [5.74, 6) is 0.387. The molecule has 8 heteroatoms. The van der Waals surface area contributed by atoms with Crippen molar-refractivity contribution in [2.45, 2.75) is 51.7 Å². The van der Waals surface area contributed by atoms with Crippen molar-refractivity contribution in [3.8, 4) is 0 Å². The van der Waals surface area contributed by atoms with Gasteiger partial charge in [0.15, 0.2) is 0 Å². The van der Waals surface area contributed by atoms with Crippen LogP contribution in [0.4, 0.5) is 0 Å². The predicted molar refractivity (Wildman–Crippen MR) is 130 cm³/mol. The number of piperidine rings is 1. The van der Waals surface area contributed by atoms with Gasteiger partial charge in [-0.05, 0) is 55.0 Å². The fraction of sp³-hybridized carbons (Fsp3) is 0.708. The van der Waals surface area contributed by atoms with Crippen molar-refractivity contribution in [2.75, 3.05) is 52.4 Å². The van der Waals surface area contributed by atoms with Gasteiger partial charge in [-0.25, -0.2) is 17.7 Å². The van der Waals surface area contributed by atoms with E-state index in [4.69, 9.17) is 0 Å². The molecule has 4 heterocycles. The highest BCUT2D eigenvalue weighted by Crippen LogP contribution is 2.35. The summed E-state index contributed by atoms with van der Waals surface area (Å²) in [4.78, 5) is 12.4. The zero-order chi connectivity index (χ0) is 22.9. The Balaban J connectivity index is 1.29. The van der Waals surface area contributed by atoms with E-state index in [0.717, 1.165) is 50.1 Å². The Morgan fingerprint density at radius 2 is 1.88 bits per heavy atom. The topological polar surface area (TPSA) is 72.5 Å². The highest BCUT2D eigenvalue weighted by atomic mass is 32.2. The Labute approximate surface area is 193 Å². The molecule has 0 saturated carbocycles. The molecule has 2 aromatic rings. The number of likely N-dealkylation sites (tertiary alicyclic amines) is 1. The second-order valence-electron chi connectivity index (χ2n) is 10.3. The lowest BCUT2D eigenvalue weighted by Gasteiger charge is -2.45. The van der Waals surface area contributed by atoms with Gasteiger partial charge in [0.2, 0.25) is 10.0 Å². The molecule has 32 heavy (non-hydrogen) atoms. The maximum Gasteiger partial charge on any atom is 0.219 e. The number of H-pyrrole nitrogens is 1. The number of nitrogens with one attached hydrogen (secondary N) is 1. The van der Waals surface area contributed by atoms with Crippen LogP contribution in [0, 0.1) is 5.41 Å². The molecule has 0 spiro atoms. The Kier molecular flexibility index (Phi) is 6.96. The standard InChI is InChI=1S/C24H39N5O2S/c1-5-27(6-2)17-24(3,4)18-28-15-20(16-28)32(30,31)29-12-9-19(10-13-29)22-14-26-23-21(22)8-7-11-25-23/h7-8,11,14,19-20H,5-6,9-10,12-13,15-18H2,1-4H3,(H,25,26). The van der Waals surface area contributed by atoms with E-state index in [1.165, 1.54) is 5.56 Å². The minimum atomic E-state index is -3.22. The van der Waals surface area contributed by atoms with Gasteiger partial charge in [0.05, 0.1) is 0 Å². The van der Waals surface area contributed by atoms with E-state index in [1.807, 2.05) is 6.07 Å². The van der Waals surface area contributed by atoms with E-state index in [0.29, 0.717) is 32.1 Å². The summed E-state index contributed by atoms with van der Waals surface area (Å²) in [6, 6.07) is 4.06. The summed E-state index contributed by atoms with van der Waals surface area (Å²) in [5, 5.41) is 0.913. The molecule has 0 bridgehead atoms. The van der Waals surface area contributed by atoms with Crippen molar-refractivity contribution in [1.82, 2.24) is 24.1 Å². The number of aromatic amines is 1. The molecule has 2 saturated heterocycles. The minimum Gasteiger partial charge on any atom is -0.346 e. The van der Waals surface area contributed by atoms with Crippen LogP contribution >= 0.6 is 0 Å². The first kappa shape index (κ1) is 23.7. The second kappa shape index (κ2) is 9.41. The third-order valence-corrected chi connectivity index (χ3v) is 9.50. The molecule has 2 fully saturated rings. The summed E-state index contributed by atoms with van der Waals surface area (Å²) in [5.41, 5.74) is 2.35. The van der Waals surface area contributed by atoms with Crippen LogP contribution in [0.15, 0.2) is 24.5 Å². The summed E-state index contributed by atoms with van der Waals surface area (Å²) < 4.78 is 28.2. The van der Waals surface area contributed by atoms with Crippen molar-refractivity contribution >= 4 is 21.1 Å². The molecule has 7 nitrogen and oxygen atoms in total. The number of pyridine rings is 1. The van der Waals surface area contributed by atoms with Gasteiger partial charge in [0.1, 0.15) is 10.9 Å². The molecular weight excluding hydrogens is 422 g/mol. The third-order valence-electron chi connectivity index (χ3n) is 7.28. The van der Waals surface area contributed by atoms with Crippen molar-refractivity contribution in [2.24, 2.45) is 5.41 Å². The lowest BCUT2D eigenvalue weighted by Crippen LogP contribution is -2.61. The summed E-state index contributed by atoms with van der Waals surface area (Å²) >= 11 is 0. The molecule has 0 atom stereocenters. The Bertz CT molecular complexity index is 1000. The van der Waals surface area contributed by atoms with Crippen molar-refractivity contribution in [3.63, 3.8) is 0 Å². The van der Waals surface area contributed by atoms with Crippen LogP contribution in [0.5, 0.6) is 0 Å². The Hall–Kier alpha value is -1.48. The zero-order valence-corrected chi connectivity index (χ0v) is 20.9. The first-order valence-electron chi connectivity index (χ1n) is 12.1. The molecule has 178 valence electrons. The first-order chi connectivity index (χ1) is 15.2. The molecule has 2 aliphatic rings. The molecule has 0 radical (unpaired) electrons. The summed E-state index contributed by atoms with van der Waals surface area (Å²) in [7, 11) is -3.22. The molecule has 0 aliphatic carbocycles. The van der Waals surface area contributed by atoms with Crippen LogP contribution in [0.2, 0.25) is 0 Å². The lowest BCUT2D eigenvalue weighted by molar-refractivity contribution is 0.0875. The zero-order valence-electron chi connectivity index (χ0n) is 20.0. The SMILES string of the molecule is CCN(CC)CC(C)(C)CN1CC(S(=O)(=O)N2CCC(c3c[nH]c4ncccc34)CC2)C1. The van der Waals surface area contributed by atoms with Gasteiger partial charge in [-0.3, -0.25) is 4.90 Å². The molecule has 2 aromatic heterocycles. The first-order valence-corrected chi connectivity index (χ1v) is 13.6. The van der Waals surface area contributed by atoms with E-state index < -0.39 is 10.0 Å². The van der Waals surface area contributed by atoms with Crippen LogP contribution in [0.1, 0.15) is 52.0 Å². The molecule has 1 N–H and O–H groups in total. The van der Waals surface area contributed by atoms with Gasteiger partial charge in [0, 0.05) is 57.0 Å². The molecular formula is C24H39N5O2S. The average molecular weight is 462 g/mol. The molecule has 0 aromatic carbocycles. The van der Waals surface area contributed by atoms with Gasteiger partial charge in [-0.15, -0.1) is 0 Å². The number of nitrogens with zero attached hydrogens (tertiary/aromatic N) is 4. The maximum atomic E-state index is 13.2. The number of sulfonamides is 1. The number of aromatic nitrogens is 2. The van der Waals surface area contributed by atoms with Crippen LogP contribution in [-0.2, 0) is 10.0 Å². The van der Waals surface area contributed by atoms with E-state index in [9.17, 15) is 8.42 Å². The Morgan fingerprint density at radius 1 is 1.19 bits per heavy atom. The highest BCUT2D eigenvalue weighted by Gasteiger charge is 2.43. The second-order valence-corrected chi connectivity index (χ2v) is 12.5. The number of fused-ring (bicyclic) bond motifs is 1. The Morgan fingerprint density at radius 3 is 2.53 bits per heavy atom. The summed E-state index contributed by atoms with van der Waals surface area (Å²) in [6.07, 6.45) is 5.59. The minimum absolute atomic E-state index is 0.160. The van der Waals surface area contributed by atoms with E-state index in [1.54, 1.807) is 10.5 Å². The number of rotatable bonds is 9. The van der Waals surface area contributed by atoms with Gasteiger partial charge in [-0.2, -0.15) is 0 Å².